The first-order valence-electron chi connectivity index (χ1n) is 12.4. The van der Waals surface area contributed by atoms with E-state index in [1.165, 1.54) is 46.3 Å². The van der Waals surface area contributed by atoms with Crippen LogP contribution in [0.3, 0.4) is 0 Å². The molecule has 6 rings (SSSR count). The average Bonchev–Trinajstić information content (AvgIpc) is 2.86. The molecule has 2 aromatic rings. The maximum atomic E-state index is 10.1. The summed E-state index contributed by atoms with van der Waals surface area (Å²) >= 11 is 0. The second-order valence-electron chi connectivity index (χ2n) is 10.5. The molecule has 4 aliphatic rings. The van der Waals surface area contributed by atoms with Crippen molar-refractivity contribution in [3.05, 3.63) is 29.5 Å². The number of anilines is 2. The first-order valence-corrected chi connectivity index (χ1v) is 12.4. The van der Waals surface area contributed by atoms with E-state index >= 15 is 0 Å². The lowest BCUT2D eigenvalue weighted by Gasteiger charge is -2.59. The first-order chi connectivity index (χ1) is 16.9. The molecule has 4 fully saturated rings. The molecule has 4 aliphatic carbocycles. The summed E-state index contributed by atoms with van der Waals surface area (Å²) in [4.78, 5) is 8.94. The van der Waals surface area contributed by atoms with Crippen LogP contribution < -0.4 is 25.8 Å². The van der Waals surface area contributed by atoms with Crippen molar-refractivity contribution in [1.82, 2.24) is 9.97 Å². The number of nitrogens with two attached hydrogens (primary N) is 1. The Morgan fingerprint density at radius 1 is 1.14 bits per heavy atom. The third kappa shape index (κ3) is 4.55. The molecule has 1 aromatic heterocycles. The zero-order valence-electron chi connectivity index (χ0n) is 20.4. The molecule has 1 aromatic carbocycles. The van der Waals surface area contributed by atoms with Crippen molar-refractivity contribution >= 4 is 11.8 Å². The van der Waals surface area contributed by atoms with Gasteiger partial charge in [-0.3, -0.25) is 0 Å². The zero-order valence-corrected chi connectivity index (χ0v) is 20.4. The van der Waals surface area contributed by atoms with E-state index in [-0.39, 0.29) is 11.2 Å². The highest BCUT2D eigenvalue weighted by molar-refractivity contribution is 5.54. The lowest BCUT2D eigenvalue weighted by molar-refractivity contribution is -0.0591. The Morgan fingerprint density at radius 2 is 1.83 bits per heavy atom. The van der Waals surface area contributed by atoms with Crippen LogP contribution in [-0.2, 0) is 6.42 Å². The van der Waals surface area contributed by atoms with Crippen molar-refractivity contribution in [2.45, 2.75) is 44.6 Å². The third-order valence-corrected chi connectivity index (χ3v) is 8.25. The van der Waals surface area contributed by atoms with Crippen LogP contribution in [0.2, 0.25) is 0 Å². The van der Waals surface area contributed by atoms with Gasteiger partial charge < -0.3 is 30.9 Å². The van der Waals surface area contributed by atoms with Crippen molar-refractivity contribution < 1.29 is 14.6 Å². The molecule has 9 heteroatoms. The van der Waals surface area contributed by atoms with Gasteiger partial charge in [0.2, 0.25) is 11.7 Å². The number of phenolic OH excluding ortho intramolecular Hbond substituents is 1. The molecular weight excluding hydrogens is 444 g/mol. The standard InChI is InChI=1S/C26H34N6O3/c1-34-20-7-15(8-21(35-2)23(20)33)3-4-29-25-30-13-19(12-27)24(32-25)31-14-26-9-16-5-17(10-26)22(28)18(6-16)11-26/h7-8,13,16-18,22,33H,3-6,9-11,14,28H2,1-2H3,(H2,29,30,31,32)/t16?,17-,18?,22?,26?/m0/s1. The molecular formula is C26H34N6O3. The number of hydrogen-bond acceptors (Lipinski definition) is 9. The van der Waals surface area contributed by atoms with E-state index in [9.17, 15) is 10.4 Å². The van der Waals surface area contributed by atoms with Gasteiger partial charge in [-0.1, -0.05) is 0 Å². The number of phenols is 1. The van der Waals surface area contributed by atoms with Crippen LogP contribution in [0.25, 0.3) is 0 Å². The highest BCUT2D eigenvalue weighted by Crippen LogP contribution is 2.59. The van der Waals surface area contributed by atoms with Gasteiger partial charge in [0.15, 0.2) is 11.5 Å². The van der Waals surface area contributed by atoms with E-state index in [2.05, 4.69) is 26.7 Å². The largest absolute Gasteiger partial charge is 0.502 e. The number of methoxy groups -OCH3 is 2. The quantitative estimate of drug-likeness (QED) is 0.427. The van der Waals surface area contributed by atoms with Crippen LogP contribution in [-0.4, -0.2) is 48.4 Å². The molecule has 4 bridgehead atoms. The normalized spacial score (nSPS) is 28.4. The Balaban J connectivity index is 1.23. The molecule has 0 aliphatic heterocycles. The van der Waals surface area contributed by atoms with Crippen LogP contribution in [0.4, 0.5) is 11.8 Å². The minimum absolute atomic E-state index is 0.0149. The summed E-state index contributed by atoms with van der Waals surface area (Å²) in [5, 5.41) is 26.4. The molecule has 5 atom stereocenters. The smallest absolute Gasteiger partial charge is 0.224 e. The van der Waals surface area contributed by atoms with Crippen LogP contribution in [0, 0.1) is 34.5 Å². The number of aromatic nitrogens is 2. The second kappa shape index (κ2) is 9.42. The lowest BCUT2D eigenvalue weighted by Crippen LogP contribution is -2.58. The van der Waals surface area contributed by atoms with Crippen molar-refractivity contribution in [3.63, 3.8) is 0 Å². The maximum Gasteiger partial charge on any atom is 0.224 e. The van der Waals surface area contributed by atoms with Crippen molar-refractivity contribution in [2.24, 2.45) is 28.9 Å². The molecule has 35 heavy (non-hydrogen) atoms. The molecule has 0 amide bonds. The Bertz CT molecular complexity index is 1090. The molecule has 0 saturated heterocycles. The number of nitrogens with zero attached hydrogens (tertiary/aromatic N) is 3. The molecule has 0 spiro atoms. The second-order valence-corrected chi connectivity index (χ2v) is 10.5. The predicted octanol–water partition coefficient (Wildman–Crippen LogP) is 3.29. The Kier molecular flexibility index (Phi) is 6.32. The highest BCUT2D eigenvalue weighted by Gasteiger charge is 2.54. The van der Waals surface area contributed by atoms with E-state index in [1.54, 1.807) is 18.3 Å². The highest BCUT2D eigenvalue weighted by atomic mass is 16.5. The van der Waals surface area contributed by atoms with Gasteiger partial charge in [0.1, 0.15) is 17.5 Å². The van der Waals surface area contributed by atoms with E-state index in [0.717, 1.165) is 18.0 Å². The topological polar surface area (TPSA) is 138 Å². The molecule has 9 nitrogen and oxygen atoms in total. The SMILES string of the molecule is COc1cc(CCNc2ncc(C#N)c(NCC34CC5CC(C3)C(N)[C@@H](C5)C4)n2)cc(OC)c1O. The fourth-order valence-corrected chi connectivity index (χ4v) is 6.81. The molecule has 186 valence electrons. The van der Waals surface area contributed by atoms with Gasteiger partial charge in [-0.2, -0.15) is 10.2 Å². The maximum absolute atomic E-state index is 10.1. The van der Waals surface area contributed by atoms with Crippen LogP contribution >= 0.6 is 0 Å². The van der Waals surface area contributed by atoms with Gasteiger partial charge in [-0.25, -0.2) is 4.98 Å². The van der Waals surface area contributed by atoms with E-state index in [4.69, 9.17) is 15.2 Å². The van der Waals surface area contributed by atoms with E-state index in [1.807, 2.05) is 0 Å². The fourth-order valence-electron chi connectivity index (χ4n) is 6.81. The van der Waals surface area contributed by atoms with Gasteiger partial charge in [-0.05, 0) is 79.4 Å². The van der Waals surface area contributed by atoms with Gasteiger partial charge in [-0.15, -0.1) is 0 Å². The fraction of sp³-hybridized carbons (Fsp3) is 0.577. The number of hydrogen-bond donors (Lipinski definition) is 4. The van der Waals surface area contributed by atoms with Crippen LogP contribution in [0.5, 0.6) is 17.2 Å². The number of nitriles is 1. The van der Waals surface area contributed by atoms with Gasteiger partial charge in [0, 0.05) is 19.1 Å². The van der Waals surface area contributed by atoms with Crippen molar-refractivity contribution in [2.75, 3.05) is 37.9 Å². The summed E-state index contributed by atoms with van der Waals surface area (Å²) in [5.74, 6) is 3.84. The number of rotatable bonds is 9. The summed E-state index contributed by atoms with van der Waals surface area (Å²) in [6.45, 7) is 1.39. The molecule has 1 heterocycles. The van der Waals surface area contributed by atoms with Gasteiger partial charge in [0.25, 0.3) is 0 Å². The molecule has 4 unspecified atom stereocenters. The van der Waals surface area contributed by atoms with E-state index in [0.29, 0.717) is 59.7 Å². The summed E-state index contributed by atoms with van der Waals surface area (Å²) in [6, 6.07) is 6.14. The average molecular weight is 479 g/mol. The zero-order chi connectivity index (χ0) is 24.6. The number of ether oxygens (including phenoxy) is 2. The summed E-state index contributed by atoms with van der Waals surface area (Å²) in [6.07, 6.45) is 8.37. The lowest BCUT2D eigenvalue weighted by atomic mass is 9.48. The monoisotopic (exact) mass is 478 g/mol. The predicted molar refractivity (Wildman–Crippen MR) is 133 cm³/mol. The minimum Gasteiger partial charge on any atom is -0.502 e. The van der Waals surface area contributed by atoms with Crippen LogP contribution in [0.15, 0.2) is 18.3 Å². The van der Waals surface area contributed by atoms with Crippen molar-refractivity contribution in [1.29, 1.82) is 5.26 Å². The first kappa shape index (κ1) is 23.5. The minimum atomic E-state index is -0.0149. The molecule has 4 saturated carbocycles. The summed E-state index contributed by atoms with van der Waals surface area (Å²) < 4.78 is 10.5. The Morgan fingerprint density at radius 3 is 2.46 bits per heavy atom. The molecule has 5 N–H and O–H groups in total. The number of benzene rings is 1. The number of nitrogens with one attached hydrogen (secondary N) is 2. The van der Waals surface area contributed by atoms with Crippen molar-refractivity contribution in [3.8, 4) is 23.3 Å². The Hall–Kier alpha value is -3.25. The van der Waals surface area contributed by atoms with E-state index < -0.39 is 0 Å². The van der Waals surface area contributed by atoms with Gasteiger partial charge >= 0.3 is 0 Å². The Labute approximate surface area is 206 Å². The third-order valence-electron chi connectivity index (χ3n) is 8.25. The summed E-state index contributed by atoms with van der Waals surface area (Å²) in [5.41, 5.74) is 8.16. The van der Waals surface area contributed by atoms with Crippen LogP contribution in [0.1, 0.15) is 43.2 Å². The number of aromatic hydroxyl groups is 1. The molecule has 0 radical (unpaired) electrons. The van der Waals surface area contributed by atoms with Gasteiger partial charge in [0.05, 0.1) is 20.4 Å². The summed E-state index contributed by atoms with van der Waals surface area (Å²) in [7, 11) is 3.01.